The van der Waals surface area contributed by atoms with Gasteiger partial charge in [-0.05, 0) is 64.6 Å². The lowest BCUT2D eigenvalue weighted by molar-refractivity contribution is -0.129. The van der Waals surface area contributed by atoms with Gasteiger partial charge in [0.1, 0.15) is 0 Å². The van der Waals surface area contributed by atoms with E-state index < -0.39 is 5.97 Å². The Bertz CT molecular complexity index is 1190. The monoisotopic (exact) mass is 393 g/mol. The van der Waals surface area contributed by atoms with E-state index in [2.05, 4.69) is 29.3 Å². The van der Waals surface area contributed by atoms with Gasteiger partial charge in [0.15, 0.2) is 5.70 Å². The molecule has 0 saturated heterocycles. The first-order valence-electron chi connectivity index (χ1n) is 8.61. The minimum Gasteiger partial charge on any atom is -0.402 e. The maximum Gasteiger partial charge on any atom is 0.363 e. The highest BCUT2D eigenvalue weighted by molar-refractivity contribution is 6.36. The number of ether oxygens (including phenoxy) is 1. The van der Waals surface area contributed by atoms with Crippen LogP contribution in [0.4, 0.5) is 0 Å². The molecule has 0 radical (unpaired) electrons. The van der Waals surface area contributed by atoms with Crippen LogP contribution in [0.2, 0.25) is 10.0 Å². The van der Waals surface area contributed by atoms with Crippen molar-refractivity contribution in [3.8, 4) is 0 Å². The van der Waals surface area contributed by atoms with Crippen LogP contribution in [0.1, 0.15) is 22.3 Å². The predicted molar refractivity (Wildman–Crippen MR) is 108 cm³/mol. The molecule has 0 aromatic heterocycles. The van der Waals surface area contributed by atoms with E-state index in [9.17, 15) is 4.79 Å². The maximum atomic E-state index is 12.4. The fourth-order valence-electron chi connectivity index (χ4n) is 3.76. The number of benzene rings is 3. The quantitative estimate of drug-likeness (QED) is 0.420. The number of rotatable bonds is 2. The molecule has 3 aromatic rings. The molecule has 2 aliphatic rings. The number of aliphatic imine (C=N–C) groups is 1. The van der Waals surface area contributed by atoms with E-state index in [1.807, 2.05) is 6.07 Å². The van der Waals surface area contributed by atoms with Crippen LogP contribution in [0.25, 0.3) is 16.8 Å². The zero-order chi connectivity index (χ0) is 18.5. The number of carbonyl (C=O) groups excluding carboxylic acids is 1. The Morgan fingerprint density at radius 3 is 2.81 bits per heavy atom. The van der Waals surface area contributed by atoms with Crippen molar-refractivity contribution < 1.29 is 9.53 Å². The number of esters is 1. The van der Waals surface area contributed by atoms with Gasteiger partial charge in [0.05, 0.1) is 10.6 Å². The van der Waals surface area contributed by atoms with Crippen LogP contribution < -0.4 is 0 Å². The van der Waals surface area contributed by atoms with Gasteiger partial charge in [-0.2, -0.15) is 0 Å². The number of hydrogen-bond acceptors (Lipinski definition) is 3. The zero-order valence-electron chi connectivity index (χ0n) is 14.1. The number of aryl methyl sites for hydroxylation is 2. The highest BCUT2D eigenvalue weighted by atomic mass is 35.5. The summed E-state index contributed by atoms with van der Waals surface area (Å²) in [6.45, 7) is 0. The van der Waals surface area contributed by atoms with Gasteiger partial charge in [0.2, 0.25) is 5.90 Å². The van der Waals surface area contributed by atoms with Crippen LogP contribution in [-0.2, 0) is 22.4 Å². The van der Waals surface area contributed by atoms with Crippen molar-refractivity contribution in [2.75, 3.05) is 0 Å². The summed E-state index contributed by atoms with van der Waals surface area (Å²) in [5.41, 5.74) is 4.38. The molecular formula is C22H13Cl2NO2. The topological polar surface area (TPSA) is 38.7 Å². The van der Waals surface area contributed by atoms with E-state index in [0.29, 0.717) is 15.6 Å². The normalized spacial score (nSPS) is 16.9. The van der Waals surface area contributed by atoms with Crippen molar-refractivity contribution in [2.45, 2.75) is 12.8 Å². The van der Waals surface area contributed by atoms with Crippen molar-refractivity contribution in [1.29, 1.82) is 0 Å². The minimum absolute atomic E-state index is 0.177. The van der Waals surface area contributed by atoms with E-state index in [0.717, 1.165) is 18.4 Å². The maximum absolute atomic E-state index is 12.4. The molecule has 1 heterocycles. The molecule has 27 heavy (non-hydrogen) atoms. The average Bonchev–Trinajstić information content (AvgIpc) is 3.25. The molecule has 0 spiro atoms. The Hall–Kier alpha value is -2.62. The lowest BCUT2D eigenvalue weighted by Crippen LogP contribution is -2.06. The van der Waals surface area contributed by atoms with Crippen molar-refractivity contribution >= 4 is 51.9 Å². The second kappa shape index (κ2) is 6.22. The first-order valence-corrected chi connectivity index (χ1v) is 9.37. The van der Waals surface area contributed by atoms with Crippen LogP contribution >= 0.6 is 23.2 Å². The molecular weight excluding hydrogens is 381 g/mol. The van der Waals surface area contributed by atoms with Gasteiger partial charge in [0.25, 0.3) is 0 Å². The van der Waals surface area contributed by atoms with Crippen LogP contribution in [0.5, 0.6) is 0 Å². The molecule has 5 heteroatoms. The molecule has 0 saturated carbocycles. The second-order valence-electron chi connectivity index (χ2n) is 6.61. The zero-order valence-corrected chi connectivity index (χ0v) is 15.6. The number of cyclic esters (lactones) is 1. The van der Waals surface area contributed by atoms with Crippen LogP contribution in [-0.4, -0.2) is 11.9 Å². The molecule has 1 aliphatic heterocycles. The summed E-state index contributed by atoms with van der Waals surface area (Å²) in [6.07, 6.45) is 3.77. The van der Waals surface area contributed by atoms with Gasteiger partial charge < -0.3 is 4.74 Å². The number of hydrogen-bond donors (Lipinski definition) is 0. The lowest BCUT2D eigenvalue weighted by atomic mass is 9.99. The van der Waals surface area contributed by atoms with Gasteiger partial charge in [-0.15, -0.1) is 0 Å². The van der Waals surface area contributed by atoms with E-state index in [1.54, 1.807) is 24.3 Å². The molecule has 0 atom stereocenters. The number of nitrogens with zero attached hydrogens (tertiary/aromatic N) is 1. The first kappa shape index (κ1) is 16.5. The predicted octanol–water partition coefficient (Wildman–Crippen LogP) is 5.59. The summed E-state index contributed by atoms with van der Waals surface area (Å²) in [6, 6.07) is 15.5. The van der Waals surface area contributed by atoms with Gasteiger partial charge in [0, 0.05) is 5.02 Å². The summed E-state index contributed by atoms with van der Waals surface area (Å²) >= 11 is 12.2. The van der Waals surface area contributed by atoms with Crippen molar-refractivity contribution in [3.63, 3.8) is 0 Å². The molecule has 3 aromatic carbocycles. The summed E-state index contributed by atoms with van der Waals surface area (Å²) in [7, 11) is 0. The highest BCUT2D eigenvalue weighted by Gasteiger charge is 2.26. The van der Waals surface area contributed by atoms with E-state index in [-0.39, 0.29) is 11.6 Å². The van der Waals surface area contributed by atoms with Crippen molar-refractivity contribution in [2.24, 2.45) is 4.99 Å². The number of halogens is 2. The molecule has 0 amide bonds. The third kappa shape index (κ3) is 2.75. The summed E-state index contributed by atoms with van der Waals surface area (Å²) < 4.78 is 5.34. The van der Waals surface area contributed by atoms with Crippen LogP contribution in [0, 0.1) is 0 Å². The first-order chi connectivity index (χ1) is 13.1. The largest absolute Gasteiger partial charge is 0.402 e. The van der Waals surface area contributed by atoms with Gasteiger partial charge in [-0.1, -0.05) is 53.5 Å². The second-order valence-corrected chi connectivity index (χ2v) is 7.45. The minimum atomic E-state index is -0.486. The fourth-order valence-corrected chi connectivity index (χ4v) is 4.13. The molecule has 3 nitrogen and oxygen atoms in total. The van der Waals surface area contributed by atoms with Crippen LogP contribution in [0.3, 0.4) is 0 Å². The summed E-state index contributed by atoms with van der Waals surface area (Å²) in [4.78, 5) is 16.7. The Kier molecular flexibility index (Phi) is 3.81. The summed E-state index contributed by atoms with van der Waals surface area (Å²) in [5, 5.41) is 3.45. The molecule has 0 fully saturated rings. The average molecular weight is 394 g/mol. The molecule has 1 aliphatic carbocycles. The molecule has 5 rings (SSSR count). The van der Waals surface area contributed by atoms with Gasteiger partial charge in [-0.25, -0.2) is 9.79 Å². The Balaban J connectivity index is 1.60. The van der Waals surface area contributed by atoms with E-state index >= 15 is 0 Å². The Morgan fingerprint density at radius 2 is 1.93 bits per heavy atom. The Labute approximate surface area is 165 Å². The van der Waals surface area contributed by atoms with Crippen molar-refractivity contribution in [3.05, 3.63) is 86.5 Å². The summed E-state index contributed by atoms with van der Waals surface area (Å²) in [5.74, 6) is -0.309. The van der Waals surface area contributed by atoms with Gasteiger partial charge >= 0.3 is 5.97 Å². The number of carbonyl (C=O) groups is 1. The Morgan fingerprint density at radius 1 is 1.04 bits per heavy atom. The van der Waals surface area contributed by atoms with E-state index in [1.165, 1.54) is 21.9 Å². The van der Waals surface area contributed by atoms with Crippen molar-refractivity contribution in [1.82, 2.24) is 0 Å². The highest BCUT2D eigenvalue weighted by Crippen LogP contribution is 2.35. The SMILES string of the molecule is O=C1OC(c2cc(Cl)ccc2Cl)=NC1=Cc1ccc2cccc3c2c1CC3. The third-order valence-corrected chi connectivity index (χ3v) is 5.56. The lowest BCUT2D eigenvalue weighted by Gasteiger charge is -2.05. The van der Waals surface area contributed by atoms with Gasteiger partial charge in [-0.3, -0.25) is 0 Å². The molecule has 132 valence electrons. The fraction of sp³-hybridized carbons (Fsp3) is 0.0909. The molecule has 0 unspecified atom stereocenters. The van der Waals surface area contributed by atoms with Crippen LogP contribution in [0.15, 0.2) is 59.2 Å². The van der Waals surface area contributed by atoms with E-state index in [4.69, 9.17) is 27.9 Å². The molecule has 0 bridgehead atoms. The smallest absolute Gasteiger partial charge is 0.363 e. The molecule has 0 N–H and O–H groups in total. The third-order valence-electron chi connectivity index (χ3n) is 4.99. The standard InChI is InChI=1S/C22H13Cl2NO2/c23-15-7-9-18(24)17(11-15)21-25-19(22(26)27-21)10-14-5-4-12-2-1-3-13-6-8-16(14)20(12)13/h1-5,7,9-11H,6,8H2.